The van der Waals surface area contributed by atoms with Crippen LogP contribution in [-0.4, -0.2) is 86.4 Å². The lowest BCUT2D eigenvalue weighted by Gasteiger charge is -2.27. The number of hydrogen-bond donors (Lipinski definition) is 1. The van der Waals surface area contributed by atoms with Crippen LogP contribution in [0.2, 0.25) is 0 Å². The van der Waals surface area contributed by atoms with E-state index in [9.17, 15) is 10.1 Å². The van der Waals surface area contributed by atoms with Crippen LogP contribution >= 0.6 is 0 Å². The highest BCUT2D eigenvalue weighted by atomic mass is 16.5. The summed E-state index contributed by atoms with van der Waals surface area (Å²) in [5.41, 5.74) is 0.580. The molecule has 0 saturated carbocycles. The molecule has 0 spiro atoms. The van der Waals surface area contributed by atoms with Crippen molar-refractivity contribution < 1.29 is 9.53 Å². The summed E-state index contributed by atoms with van der Waals surface area (Å²) in [6.07, 6.45) is 2.56. The fourth-order valence-corrected chi connectivity index (χ4v) is 3.33. The van der Waals surface area contributed by atoms with Crippen LogP contribution in [0.15, 0.2) is 18.3 Å². The topological polar surface area (TPSA) is 84.7 Å². The first-order valence-electron chi connectivity index (χ1n) is 9.21. The number of nitrogens with zero attached hydrogens (tertiary/aromatic N) is 5. The molecule has 140 valence electrons. The maximum atomic E-state index is 12.4. The zero-order chi connectivity index (χ0) is 18.2. The first-order chi connectivity index (χ1) is 12.8. The van der Waals surface area contributed by atoms with Gasteiger partial charge in [-0.2, -0.15) is 5.26 Å². The van der Waals surface area contributed by atoms with E-state index in [4.69, 9.17) is 4.74 Å². The van der Waals surface area contributed by atoms with Crippen LogP contribution in [0.1, 0.15) is 12.0 Å². The minimum atomic E-state index is -0.0124. The molecule has 0 bridgehead atoms. The molecule has 0 aliphatic carbocycles. The number of nitrogens with one attached hydrogen (secondary N) is 1. The van der Waals surface area contributed by atoms with Crippen LogP contribution in [0.4, 0.5) is 10.6 Å². The molecule has 2 aliphatic rings. The van der Waals surface area contributed by atoms with Gasteiger partial charge in [0.15, 0.2) is 0 Å². The molecule has 26 heavy (non-hydrogen) atoms. The third-order valence-electron chi connectivity index (χ3n) is 4.80. The van der Waals surface area contributed by atoms with E-state index in [0.717, 1.165) is 45.8 Å². The van der Waals surface area contributed by atoms with Crippen LogP contribution in [0.3, 0.4) is 0 Å². The molecular formula is C18H26N6O2. The Balaban J connectivity index is 1.47. The minimum absolute atomic E-state index is 0.0124. The molecule has 0 aromatic carbocycles. The number of rotatable bonds is 4. The zero-order valence-electron chi connectivity index (χ0n) is 15.1. The summed E-state index contributed by atoms with van der Waals surface area (Å²) in [4.78, 5) is 23.1. The maximum Gasteiger partial charge on any atom is 0.317 e. The van der Waals surface area contributed by atoms with Gasteiger partial charge in [-0.3, -0.25) is 4.90 Å². The lowest BCUT2D eigenvalue weighted by Crippen LogP contribution is -2.46. The second-order valence-corrected chi connectivity index (χ2v) is 6.50. The second kappa shape index (κ2) is 9.36. The molecule has 2 aliphatic heterocycles. The fourth-order valence-electron chi connectivity index (χ4n) is 3.33. The van der Waals surface area contributed by atoms with Crippen molar-refractivity contribution in [1.82, 2.24) is 20.1 Å². The predicted octanol–water partition coefficient (Wildman–Crippen LogP) is 0.507. The highest BCUT2D eigenvalue weighted by Gasteiger charge is 2.21. The van der Waals surface area contributed by atoms with Gasteiger partial charge in [0.2, 0.25) is 0 Å². The van der Waals surface area contributed by atoms with Crippen LogP contribution in [0, 0.1) is 11.3 Å². The van der Waals surface area contributed by atoms with E-state index < -0.39 is 0 Å². The van der Waals surface area contributed by atoms with Gasteiger partial charge in [-0.15, -0.1) is 0 Å². The first kappa shape index (κ1) is 18.4. The number of carbonyl (C=O) groups excluding carboxylic acids is 1. The van der Waals surface area contributed by atoms with Crippen molar-refractivity contribution in [3.05, 3.63) is 23.9 Å². The first-order valence-corrected chi connectivity index (χ1v) is 9.21. The Morgan fingerprint density at radius 3 is 2.88 bits per heavy atom. The maximum absolute atomic E-state index is 12.4. The number of pyridine rings is 1. The summed E-state index contributed by atoms with van der Waals surface area (Å²) in [7, 11) is 0. The molecule has 0 unspecified atom stereocenters. The van der Waals surface area contributed by atoms with Crippen LogP contribution in [-0.2, 0) is 4.74 Å². The molecule has 2 amide bonds. The van der Waals surface area contributed by atoms with Crippen molar-refractivity contribution in [3.8, 4) is 6.07 Å². The number of morpholine rings is 1. The van der Waals surface area contributed by atoms with E-state index in [-0.39, 0.29) is 6.03 Å². The quantitative estimate of drug-likeness (QED) is 0.844. The smallest absolute Gasteiger partial charge is 0.317 e. The van der Waals surface area contributed by atoms with E-state index in [1.165, 1.54) is 0 Å². The minimum Gasteiger partial charge on any atom is -0.379 e. The molecule has 3 rings (SSSR count). The van der Waals surface area contributed by atoms with Crippen molar-refractivity contribution >= 4 is 11.8 Å². The monoisotopic (exact) mass is 358 g/mol. The van der Waals surface area contributed by atoms with Gasteiger partial charge in [0, 0.05) is 58.6 Å². The number of urea groups is 1. The van der Waals surface area contributed by atoms with Gasteiger partial charge in [0.25, 0.3) is 0 Å². The molecule has 0 radical (unpaired) electrons. The Labute approximate surface area is 154 Å². The molecule has 8 nitrogen and oxygen atoms in total. The van der Waals surface area contributed by atoms with Crippen molar-refractivity contribution in [2.45, 2.75) is 6.42 Å². The van der Waals surface area contributed by atoms with E-state index >= 15 is 0 Å². The third-order valence-corrected chi connectivity index (χ3v) is 4.80. The Morgan fingerprint density at radius 2 is 2.08 bits per heavy atom. The Morgan fingerprint density at radius 1 is 1.23 bits per heavy atom. The summed E-state index contributed by atoms with van der Waals surface area (Å²) in [6.45, 7) is 7.74. The molecule has 2 saturated heterocycles. The molecular weight excluding hydrogens is 332 g/mol. The second-order valence-electron chi connectivity index (χ2n) is 6.50. The molecule has 1 aromatic heterocycles. The van der Waals surface area contributed by atoms with E-state index in [2.05, 4.69) is 26.2 Å². The fraction of sp³-hybridized carbons (Fsp3) is 0.611. The SMILES string of the molecule is N#Cc1cccnc1N1CCCN(C(=O)NCCN2CCOCC2)CC1. The highest BCUT2D eigenvalue weighted by Crippen LogP contribution is 2.18. The summed E-state index contributed by atoms with van der Waals surface area (Å²) in [5.74, 6) is 0.713. The lowest BCUT2D eigenvalue weighted by molar-refractivity contribution is 0.0386. The van der Waals surface area contributed by atoms with Crippen molar-refractivity contribution in [1.29, 1.82) is 5.26 Å². The lowest BCUT2D eigenvalue weighted by atomic mass is 10.2. The van der Waals surface area contributed by atoms with Gasteiger partial charge in [0.05, 0.1) is 18.8 Å². The summed E-state index contributed by atoms with van der Waals surface area (Å²) < 4.78 is 5.33. The number of anilines is 1. The predicted molar refractivity (Wildman–Crippen MR) is 98.0 cm³/mol. The van der Waals surface area contributed by atoms with Gasteiger partial charge < -0.3 is 19.9 Å². The normalized spacial score (nSPS) is 18.9. The van der Waals surface area contributed by atoms with E-state index in [1.54, 1.807) is 18.3 Å². The molecule has 1 N–H and O–H groups in total. The van der Waals surface area contributed by atoms with E-state index in [0.29, 0.717) is 37.6 Å². The number of hydrogen-bond acceptors (Lipinski definition) is 6. The molecule has 0 atom stereocenters. The number of aromatic nitrogens is 1. The molecule has 2 fully saturated rings. The highest BCUT2D eigenvalue weighted by molar-refractivity contribution is 5.74. The third kappa shape index (κ3) is 4.84. The number of ether oxygens (including phenoxy) is 1. The number of amides is 2. The van der Waals surface area contributed by atoms with E-state index in [1.807, 2.05) is 4.90 Å². The van der Waals surface area contributed by atoms with Gasteiger partial charge >= 0.3 is 6.03 Å². The van der Waals surface area contributed by atoms with Crippen LogP contribution in [0.5, 0.6) is 0 Å². The van der Waals surface area contributed by atoms with Gasteiger partial charge in [-0.1, -0.05) is 0 Å². The van der Waals surface area contributed by atoms with Crippen LogP contribution in [0.25, 0.3) is 0 Å². The Hall–Kier alpha value is -2.37. The Bertz CT molecular complexity index is 641. The number of nitriles is 1. The Kier molecular flexibility index (Phi) is 6.63. The van der Waals surface area contributed by atoms with Gasteiger partial charge in [-0.05, 0) is 18.6 Å². The van der Waals surface area contributed by atoms with Crippen molar-refractivity contribution in [3.63, 3.8) is 0 Å². The molecule has 3 heterocycles. The largest absolute Gasteiger partial charge is 0.379 e. The zero-order valence-corrected chi connectivity index (χ0v) is 15.1. The summed E-state index contributed by atoms with van der Waals surface area (Å²) >= 11 is 0. The van der Waals surface area contributed by atoms with Gasteiger partial charge in [-0.25, -0.2) is 9.78 Å². The molecule has 8 heteroatoms. The van der Waals surface area contributed by atoms with Crippen molar-refractivity contribution in [2.75, 3.05) is 70.5 Å². The summed E-state index contributed by atoms with van der Waals surface area (Å²) in [6, 6.07) is 5.74. The van der Waals surface area contributed by atoms with Crippen LogP contribution < -0.4 is 10.2 Å². The molecule has 1 aromatic rings. The average Bonchev–Trinajstić information content (AvgIpc) is 2.95. The standard InChI is InChI=1S/C18H26N6O2/c19-15-16-3-1-4-20-17(16)23-6-2-7-24(10-9-23)18(25)21-5-8-22-11-13-26-14-12-22/h1,3-4H,2,5-14H2,(H,21,25). The van der Waals surface area contributed by atoms with Gasteiger partial charge in [0.1, 0.15) is 11.9 Å². The average molecular weight is 358 g/mol. The summed E-state index contributed by atoms with van der Waals surface area (Å²) in [5, 5.41) is 12.3. The van der Waals surface area contributed by atoms with Crippen molar-refractivity contribution in [2.24, 2.45) is 0 Å². The number of carbonyl (C=O) groups is 1.